The Balaban J connectivity index is 2.07. The summed E-state index contributed by atoms with van der Waals surface area (Å²) in [4.78, 5) is 37.7. The predicted octanol–water partition coefficient (Wildman–Crippen LogP) is 2.52. The fourth-order valence-corrected chi connectivity index (χ4v) is 2.73. The molecule has 0 aromatic heterocycles. The largest absolute Gasteiger partial charge is 0.450 e. The number of carbonyl (C=O) groups is 3. The zero-order valence-electron chi connectivity index (χ0n) is 14.9. The van der Waals surface area contributed by atoms with E-state index >= 15 is 0 Å². The third kappa shape index (κ3) is 4.95. The summed E-state index contributed by atoms with van der Waals surface area (Å²) in [5.41, 5.74) is 1.35. The normalized spacial score (nSPS) is 15.2. The number of benzene rings is 1. The first-order valence-corrected chi connectivity index (χ1v) is 8.57. The van der Waals surface area contributed by atoms with Crippen molar-refractivity contribution in [2.24, 2.45) is 5.92 Å². The summed E-state index contributed by atoms with van der Waals surface area (Å²) in [6, 6.07) is 6.44. The van der Waals surface area contributed by atoms with Crippen molar-refractivity contribution < 1.29 is 19.1 Å². The lowest BCUT2D eigenvalue weighted by molar-refractivity contribution is -0.119. The molecule has 2 N–H and O–H groups in total. The van der Waals surface area contributed by atoms with Crippen molar-refractivity contribution in [3.63, 3.8) is 0 Å². The van der Waals surface area contributed by atoms with Crippen molar-refractivity contribution in [3.05, 3.63) is 24.3 Å². The van der Waals surface area contributed by atoms with E-state index in [1.165, 1.54) is 0 Å². The quantitative estimate of drug-likeness (QED) is 0.828. The van der Waals surface area contributed by atoms with E-state index in [9.17, 15) is 14.4 Å². The van der Waals surface area contributed by atoms with Gasteiger partial charge in [0.15, 0.2) is 0 Å². The number of nitrogens with zero attached hydrogens (tertiary/aromatic N) is 1. The van der Waals surface area contributed by atoms with E-state index in [0.29, 0.717) is 18.7 Å². The van der Waals surface area contributed by atoms with Gasteiger partial charge in [0, 0.05) is 24.3 Å². The number of anilines is 2. The van der Waals surface area contributed by atoms with Gasteiger partial charge in [-0.2, -0.15) is 0 Å². The molecule has 0 bridgehead atoms. The lowest BCUT2D eigenvalue weighted by Crippen LogP contribution is -2.47. The maximum absolute atomic E-state index is 12.5. The van der Waals surface area contributed by atoms with Crippen molar-refractivity contribution >= 4 is 29.3 Å². The highest BCUT2D eigenvalue weighted by Crippen LogP contribution is 2.24. The number of rotatable bonds is 6. The van der Waals surface area contributed by atoms with E-state index in [1.54, 1.807) is 30.0 Å². The van der Waals surface area contributed by atoms with Gasteiger partial charge in [0.1, 0.15) is 6.04 Å². The number of hydrogen-bond acceptors (Lipinski definition) is 4. The molecular weight excluding hydrogens is 322 g/mol. The molecule has 136 valence electrons. The van der Waals surface area contributed by atoms with Gasteiger partial charge >= 0.3 is 6.09 Å². The van der Waals surface area contributed by atoms with Crippen LogP contribution in [0.15, 0.2) is 24.3 Å². The Kier molecular flexibility index (Phi) is 6.38. The van der Waals surface area contributed by atoms with Crippen LogP contribution in [-0.2, 0) is 14.3 Å². The van der Waals surface area contributed by atoms with Crippen molar-refractivity contribution in [1.29, 1.82) is 0 Å². The van der Waals surface area contributed by atoms with Gasteiger partial charge in [-0.15, -0.1) is 0 Å². The molecule has 1 fully saturated rings. The summed E-state index contributed by atoms with van der Waals surface area (Å²) < 4.78 is 4.85. The number of ether oxygens (including phenoxy) is 1. The maximum atomic E-state index is 12.5. The zero-order valence-corrected chi connectivity index (χ0v) is 14.9. The summed E-state index contributed by atoms with van der Waals surface area (Å²) >= 11 is 0. The number of nitrogens with one attached hydrogen (secondary N) is 2. The van der Waals surface area contributed by atoms with Crippen molar-refractivity contribution in [2.75, 3.05) is 23.4 Å². The van der Waals surface area contributed by atoms with Crippen LogP contribution in [0.2, 0.25) is 0 Å². The molecule has 0 spiro atoms. The van der Waals surface area contributed by atoms with Crippen LogP contribution in [0, 0.1) is 5.92 Å². The highest BCUT2D eigenvalue weighted by molar-refractivity contribution is 5.99. The highest BCUT2D eigenvalue weighted by Gasteiger charge is 2.26. The molecule has 0 aliphatic carbocycles. The molecule has 1 aromatic rings. The number of alkyl carbamates (subject to hydrolysis) is 1. The SMILES string of the molecule is CCOC(=O)NC(C(=O)Nc1cccc(N2CCCC2=O)c1)C(C)C. The van der Waals surface area contributed by atoms with Gasteiger partial charge in [0.05, 0.1) is 6.61 Å². The minimum Gasteiger partial charge on any atom is -0.450 e. The van der Waals surface area contributed by atoms with Gasteiger partial charge in [-0.3, -0.25) is 9.59 Å². The Hall–Kier alpha value is -2.57. The van der Waals surface area contributed by atoms with Gasteiger partial charge in [-0.25, -0.2) is 4.79 Å². The maximum Gasteiger partial charge on any atom is 0.407 e. The Bertz CT molecular complexity index is 645. The molecule has 1 unspecified atom stereocenters. The first kappa shape index (κ1) is 18.8. The van der Waals surface area contributed by atoms with E-state index in [2.05, 4.69) is 10.6 Å². The van der Waals surface area contributed by atoms with E-state index in [1.807, 2.05) is 19.9 Å². The van der Waals surface area contributed by atoms with E-state index in [4.69, 9.17) is 4.74 Å². The van der Waals surface area contributed by atoms with Crippen LogP contribution in [0.3, 0.4) is 0 Å². The molecule has 7 heteroatoms. The molecular formula is C18H25N3O4. The molecule has 0 radical (unpaired) electrons. The van der Waals surface area contributed by atoms with Crippen LogP contribution in [0.4, 0.5) is 16.2 Å². The van der Waals surface area contributed by atoms with Crippen LogP contribution >= 0.6 is 0 Å². The van der Waals surface area contributed by atoms with Crippen molar-refractivity contribution in [3.8, 4) is 0 Å². The Morgan fingerprint density at radius 2 is 2.08 bits per heavy atom. The highest BCUT2D eigenvalue weighted by atomic mass is 16.5. The smallest absolute Gasteiger partial charge is 0.407 e. The Morgan fingerprint density at radius 1 is 1.32 bits per heavy atom. The van der Waals surface area contributed by atoms with Crippen LogP contribution in [0.25, 0.3) is 0 Å². The lowest BCUT2D eigenvalue weighted by atomic mass is 10.0. The summed E-state index contributed by atoms with van der Waals surface area (Å²) in [5, 5.41) is 5.38. The first-order chi connectivity index (χ1) is 11.9. The monoisotopic (exact) mass is 347 g/mol. The number of amides is 3. The lowest BCUT2D eigenvalue weighted by Gasteiger charge is -2.22. The van der Waals surface area contributed by atoms with Gasteiger partial charge in [-0.05, 0) is 37.5 Å². The summed E-state index contributed by atoms with van der Waals surface area (Å²) in [5.74, 6) is -0.340. The second-order valence-electron chi connectivity index (χ2n) is 6.28. The molecule has 1 heterocycles. The van der Waals surface area contributed by atoms with Gasteiger partial charge in [-0.1, -0.05) is 19.9 Å². The Morgan fingerprint density at radius 3 is 2.68 bits per heavy atom. The van der Waals surface area contributed by atoms with Gasteiger partial charge in [0.2, 0.25) is 11.8 Å². The van der Waals surface area contributed by atoms with Crippen LogP contribution in [0.5, 0.6) is 0 Å². The minimum atomic E-state index is -0.712. The summed E-state index contributed by atoms with van der Waals surface area (Å²) in [7, 11) is 0. The standard InChI is InChI=1S/C18H25N3O4/c1-4-25-18(24)20-16(12(2)3)17(23)19-13-7-5-8-14(11-13)21-10-6-9-15(21)22/h5,7-8,11-12,16H,4,6,9-10H2,1-3H3,(H,19,23)(H,20,24). The average molecular weight is 347 g/mol. The molecule has 1 aromatic carbocycles. The summed E-state index contributed by atoms with van der Waals surface area (Å²) in [6.45, 7) is 6.32. The molecule has 3 amide bonds. The molecule has 0 saturated carbocycles. The average Bonchev–Trinajstić information content (AvgIpc) is 2.99. The van der Waals surface area contributed by atoms with Gasteiger partial charge in [0.25, 0.3) is 0 Å². The van der Waals surface area contributed by atoms with Crippen LogP contribution in [0.1, 0.15) is 33.6 Å². The van der Waals surface area contributed by atoms with Crippen molar-refractivity contribution in [2.45, 2.75) is 39.7 Å². The first-order valence-electron chi connectivity index (χ1n) is 8.57. The molecule has 2 rings (SSSR count). The topological polar surface area (TPSA) is 87.7 Å². The zero-order chi connectivity index (χ0) is 18.4. The minimum absolute atomic E-state index is 0.0903. The molecule has 7 nitrogen and oxygen atoms in total. The summed E-state index contributed by atoms with van der Waals surface area (Å²) in [6.07, 6.45) is 0.775. The molecule has 1 atom stereocenters. The van der Waals surface area contributed by atoms with E-state index in [0.717, 1.165) is 12.1 Å². The molecule has 25 heavy (non-hydrogen) atoms. The number of carbonyl (C=O) groups excluding carboxylic acids is 3. The second kappa shape index (κ2) is 8.50. The second-order valence-corrected chi connectivity index (χ2v) is 6.28. The molecule has 1 aliphatic heterocycles. The fourth-order valence-electron chi connectivity index (χ4n) is 2.73. The van der Waals surface area contributed by atoms with Gasteiger partial charge < -0.3 is 20.3 Å². The Labute approximate surface area is 147 Å². The number of hydrogen-bond donors (Lipinski definition) is 2. The predicted molar refractivity (Wildman–Crippen MR) is 95.4 cm³/mol. The van der Waals surface area contributed by atoms with Crippen LogP contribution < -0.4 is 15.5 Å². The third-order valence-corrected chi connectivity index (χ3v) is 4.00. The third-order valence-electron chi connectivity index (χ3n) is 4.00. The van der Waals surface area contributed by atoms with E-state index < -0.39 is 12.1 Å². The van der Waals surface area contributed by atoms with Crippen molar-refractivity contribution in [1.82, 2.24) is 5.32 Å². The molecule has 1 saturated heterocycles. The van der Waals surface area contributed by atoms with Crippen LogP contribution in [-0.4, -0.2) is 37.1 Å². The fraction of sp³-hybridized carbons (Fsp3) is 0.500. The molecule has 1 aliphatic rings. The van der Waals surface area contributed by atoms with E-state index in [-0.39, 0.29) is 24.3 Å².